The maximum atomic E-state index is 13.0. The van der Waals surface area contributed by atoms with E-state index >= 15 is 0 Å². The Bertz CT molecular complexity index is 1220. The first-order valence-electron chi connectivity index (χ1n) is 10.6. The largest absolute Gasteiger partial charge is 0.494 e. The number of aromatic nitrogens is 3. The van der Waals surface area contributed by atoms with E-state index in [1.54, 1.807) is 4.57 Å². The van der Waals surface area contributed by atoms with Crippen molar-refractivity contribution in [3.63, 3.8) is 0 Å². The molecule has 0 aliphatic heterocycles. The van der Waals surface area contributed by atoms with E-state index in [0.29, 0.717) is 29.9 Å². The molecule has 0 aliphatic rings. The van der Waals surface area contributed by atoms with E-state index in [2.05, 4.69) is 6.92 Å². The Morgan fingerprint density at radius 3 is 2.39 bits per heavy atom. The number of ether oxygens (including phenoxy) is 2. The van der Waals surface area contributed by atoms with Crippen LogP contribution >= 0.6 is 0 Å². The van der Waals surface area contributed by atoms with Crippen molar-refractivity contribution in [1.82, 2.24) is 14.5 Å². The maximum absolute atomic E-state index is 13.0. The predicted octanol–water partition coefficient (Wildman–Crippen LogP) is 4.90. The summed E-state index contributed by atoms with van der Waals surface area (Å²) in [5, 5.41) is 0. The lowest BCUT2D eigenvalue weighted by molar-refractivity contribution is 0.0501. The van der Waals surface area contributed by atoms with Gasteiger partial charge in [-0.3, -0.25) is 4.57 Å². The molecule has 31 heavy (non-hydrogen) atoms. The first-order valence-corrected chi connectivity index (χ1v) is 10.6. The zero-order valence-electron chi connectivity index (χ0n) is 17.8. The van der Waals surface area contributed by atoms with E-state index in [-0.39, 0.29) is 11.4 Å². The number of nitrogens with zero attached hydrogens (tertiary/aromatic N) is 3. The van der Waals surface area contributed by atoms with Crippen molar-refractivity contribution in [3.05, 3.63) is 54.1 Å². The Morgan fingerprint density at radius 2 is 1.71 bits per heavy atom. The van der Waals surface area contributed by atoms with Crippen molar-refractivity contribution in [1.29, 1.82) is 0 Å². The smallest absolute Gasteiger partial charge is 0.344 e. The fourth-order valence-corrected chi connectivity index (χ4v) is 3.57. The minimum absolute atomic E-state index is 0.249. The van der Waals surface area contributed by atoms with E-state index in [1.165, 1.54) is 0 Å². The van der Waals surface area contributed by atoms with Crippen LogP contribution in [0.3, 0.4) is 0 Å². The molecule has 0 atom stereocenters. The topological polar surface area (TPSA) is 92.3 Å². The second-order valence-electron chi connectivity index (χ2n) is 7.25. The number of rotatable bonds is 8. The maximum Gasteiger partial charge on any atom is 0.344 e. The summed E-state index contributed by atoms with van der Waals surface area (Å²) in [6.45, 7) is 4.97. The van der Waals surface area contributed by atoms with Crippen LogP contribution in [0.4, 0.5) is 5.82 Å². The third-order valence-electron chi connectivity index (χ3n) is 5.09. The summed E-state index contributed by atoms with van der Waals surface area (Å²) in [6, 6.07) is 15.0. The molecule has 2 aromatic heterocycles. The standard InChI is InChI=1S/C24H26N4O3/c1-3-5-8-15-31-24(29)20-21-23(27-19-10-7-6-9-18(19)26-21)28(22(20)25)16-11-13-17(14-12-16)30-4-2/h6-7,9-14H,3-5,8,15,25H2,1-2H3. The number of unbranched alkanes of at least 4 members (excludes halogenated alkanes) is 2. The van der Waals surface area contributed by atoms with Crippen LogP contribution in [0.2, 0.25) is 0 Å². The van der Waals surface area contributed by atoms with Crippen LogP contribution in [0.5, 0.6) is 5.75 Å². The van der Waals surface area contributed by atoms with Crippen LogP contribution in [0.1, 0.15) is 43.5 Å². The molecule has 0 unspecified atom stereocenters. The zero-order chi connectivity index (χ0) is 21.8. The molecule has 2 heterocycles. The van der Waals surface area contributed by atoms with Crippen LogP contribution in [0.15, 0.2) is 48.5 Å². The zero-order valence-corrected chi connectivity index (χ0v) is 17.8. The van der Waals surface area contributed by atoms with Crippen molar-refractivity contribution in [3.8, 4) is 11.4 Å². The molecule has 7 heteroatoms. The molecule has 2 N–H and O–H groups in total. The predicted molar refractivity (Wildman–Crippen MR) is 122 cm³/mol. The lowest BCUT2D eigenvalue weighted by Crippen LogP contribution is -2.10. The summed E-state index contributed by atoms with van der Waals surface area (Å²) in [7, 11) is 0. The Hall–Kier alpha value is -3.61. The van der Waals surface area contributed by atoms with Gasteiger partial charge in [0, 0.05) is 5.69 Å². The summed E-state index contributed by atoms with van der Waals surface area (Å²) in [6.07, 6.45) is 2.86. The average molecular weight is 418 g/mol. The molecule has 0 spiro atoms. The van der Waals surface area contributed by atoms with Gasteiger partial charge in [0.25, 0.3) is 0 Å². The van der Waals surface area contributed by atoms with Gasteiger partial charge in [0.15, 0.2) is 5.65 Å². The van der Waals surface area contributed by atoms with E-state index in [4.69, 9.17) is 25.2 Å². The first-order chi connectivity index (χ1) is 15.1. The van der Waals surface area contributed by atoms with Crippen molar-refractivity contribution in [2.45, 2.75) is 33.1 Å². The highest BCUT2D eigenvalue weighted by Gasteiger charge is 2.26. The van der Waals surface area contributed by atoms with Crippen LogP contribution in [0.25, 0.3) is 27.9 Å². The van der Waals surface area contributed by atoms with Gasteiger partial charge in [-0.15, -0.1) is 0 Å². The van der Waals surface area contributed by atoms with Crippen molar-refractivity contribution in [2.75, 3.05) is 18.9 Å². The highest BCUT2D eigenvalue weighted by molar-refractivity contribution is 6.09. The number of para-hydroxylation sites is 2. The van der Waals surface area contributed by atoms with Gasteiger partial charge >= 0.3 is 5.97 Å². The first kappa shape index (κ1) is 20.7. The van der Waals surface area contributed by atoms with E-state index in [0.717, 1.165) is 36.2 Å². The summed E-state index contributed by atoms with van der Waals surface area (Å²) >= 11 is 0. The van der Waals surface area contributed by atoms with Gasteiger partial charge in [-0.1, -0.05) is 31.9 Å². The van der Waals surface area contributed by atoms with Crippen molar-refractivity contribution < 1.29 is 14.3 Å². The second kappa shape index (κ2) is 9.04. The average Bonchev–Trinajstić information content (AvgIpc) is 3.06. The minimum atomic E-state index is -0.479. The number of carbonyl (C=O) groups is 1. The SMILES string of the molecule is CCCCCOC(=O)c1c(N)n(-c2ccc(OCC)cc2)c2nc3ccccc3nc12. The number of hydrogen-bond donors (Lipinski definition) is 1. The Labute approximate surface area is 180 Å². The number of nitrogen functional groups attached to an aromatic ring is 1. The summed E-state index contributed by atoms with van der Waals surface area (Å²) < 4.78 is 12.8. The highest BCUT2D eigenvalue weighted by Crippen LogP contribution is 2.32. The fourth-order valence-electron chi connectivity index (χ4n) is 3.57. The van der Waals surface area contributed by atoms with E-state index in [9.17, 15) is 4.79 Å². The van der Waals surface area contributed by atoms with Gasteiger partial charge in [-0.05, 0) is 49.7 Å². The van der Waals surface area contributed by atoms with Crippen LogP contribution in [-0.4, -0.2) is 33.7 Å². The normalized spacial score (nSPS) is 11.2. The molecule has 2 aromatic carbocycles. The van der Waals surface area contributed by atoms with E-state index < -0.39 is 5.97 Å². The number of benzene rings is 2. The highest BCUT2D eigenvalue weighted by atomic mass is 16.5. The number of hydrogen-bond acceptors (Lipinski definition) is 6. The molecule has 0 amide bonds. The van der Waals surface area contributed by atoms with Gasteiger partial charge < -0.3 is 15.2 Å². The number of esters is 1. The molecule has 0 bridgehead atoms. The van der Waals surface area contributed by atoms with E-state index in [1.807, 2.05) is 55.5 Å². The molecule has 0 aliphatic carbocycles. The van der Waals surface area contributed by atoms with Crippen molar-refractivity contribution in [2.24, 2.45) is 0 Å². The Kier molecular flexibility index (Phi) is 6.02. The molecule has 0 saturated carbocycles. The summed E-state index contributed by atoms with van der Waals surface area (Å²) in [5.74, 6) is 0.538. The molecule has 7 nitrogen and oxygen atoms in total. The molecule has 0 saturated heterocycles. The number of nitrogens with two attached hydrogens (primary N) is 1. The van der Waals surface area contributed by atoms with Gasteiger partial charge in [0.05, 0.1) is 24.2 Å². The monoisotopic (exact) mass is 418 g/mol. The fraction of sp³-hybridized carbons (Fsp3) is 0.292. The van der Waals surface area contributed by atoms with Gasteiger partial charge in [0.2, 0.25) is 0 Å². The van der Waals surface area contributed by atoms with Gasteiger partial charge in [-0.2, -0.15) is 0 Å². The summed E-state index contributed by atoms with van der Waals surface area (Å²) in [5.41, 5.74) is 9.87. The molecule has 0 fully saturated rings. The van der Waals surface area contributed by atoms with Crippen LogP contribution in [-0.2, 0) is 4.74 Å². The molecule has 4 aromatic rings. The molecule has 0 radical (unpaired) electrons. The van der Waals surface area contributed by atoms with Gasteiger partial charge in [-0.25, -0.2) is 14.8 Å². The number of carbonyl (C=O) groups excluding carboxylic acids is 1. The third-order valence-corrected chi connectivity index (χ3v) is 5.09. The van der Waals surface area contributed by atoms with Crippen LogP contribution in [0, 0.1) is 0 Å². The molecular weight excluding hydrogens is 392 g/mol. The number of anilines is 1. The summed E-state index contributed by atoms with van der Waals surface area (Å²) in [4.78, 5) is 22.4. The lowest BCUT2D eigenvalue weighted by atomic mass is 10.2. The lowest BCUT2D eigenvalue weighted by Gasteiger charge is -2.09. The Morgan fingerprint density at radius 1 is 1.00 bits per heavy atom. The molecule has 4 rings (SSSR count). The Balaban J connectivity index is 1.85. The third kappa shape index (κ3) is 4.03. The minimum Gasteiger partial charge on any atom is -0.494 e. The number of fused-ring (bicyclic) bond motifs is 2. The van der Waals surface area contributed by atoms with Crippen molar-refractivity contribution >= 4 is 34.0 Å². The second-order valence-corrected chi connectivity index (χ2v) is 7.25. The molecular formula is C24H26N4O3. The van der Waals surface area contributed by atoms with Crippen LogP contribution < -0.4 is 10.5 Å². The van der Waals surface area contributed by atoms with Gasteiger partial charge in [0.1, 0.15) is 22.6 Å². The molecule has 160 valence electrons. The quantitative estimate of drug-likeness (QED) is 0.323.